The molecular weight excluding hydrogens is 108 g/mol. The van der Waals surface area contributed by atoms with Gasteiger partial charge < -0.3 is 0 Å². The van der Waals surface area contributed by atoms with E-state index < -0.39 is 0 Å². The molecule has 0 heteroatoms. The van der Waals surface area contributed by atoms with Gasteiger partial charge in [0.15, 0.2) is 0 Å². The molecule has 0 aromatic rings. The van der Waals surface area contributed by atoms with Crippen LogP contribution in [0.25, 0.3) is 0 Å². The molecule has 0 fully saturated rings. The molecule has 0 amide bonds. The number of rotatable bonds is 2. The van der Waals surface area contributed by atoms with Gasteiger partial charge in [-0.2, -0.15) is 0 Å². The second-order valence-electron chi connectivity index (χ2n) is 2.97. The Hall–Kier alpha value is -0.260. The lowest BCUT2D eigenvalue weighted by Crippen LogP contribution is -2.04. The van der Waals surface area contributed by atoms with Gasteiger partial charge in [-0.15, -0.1) is 0 Å². The molecule has 0 aromatic carbocycles. The van der Waals surface area contributed by atoms with Crippen LogP contribution in [0.15, 0.2) is 5.57 Å². The Morgan fingerprint density at radius 2 is 1.67 bits per heavy atom. The molecule has 0 aliphatic heterocycles. The van der Waals surface area contributed by atoms with Crippen LogP contribution in [0.5, 0.6) is 0 Å². The van der Waals surface area contributed by atoms with Gasteiger partial charge in [-0.1, -0.05) is 26.3 Å². The lowest BCUT2D eigenvalue weighted by molar-refractivity contribution is 0.478. The average molecular weight is 125 g/mol. The van der Waals surface area contributed by atoms with Crippen molar-refractivity contribution in [2.75, 3.05) is 0 Å². The molecule has 0 nitrogen and oxygen atoms in total. The Bertz CT molecular complexity index is 98.6. The zero-order valence-corrected chi connectivity index (χ0v) is 7.15. The molecule has 0 aromatic heterocycles. The molecular formula is C9H17. The van der Waals surface area contributed by atoms with Gasteiger partial charge in [-0.05, 0) is 31.8 Å². The van der Waals surface area contributed by atoms with Crippen molar-refractivity contribution in [2.24, 2.45) is 11.8 Å². The van der Waals surface area contributed by atoms with Crippen LogP contribution in [0, 0.1) is 17.9 Å². The summed E-state index contributed by atoms with van der Waals surface area (Å²) >= 11 is 0. The normalized spacial score (nSPS) is 16.4. The Labute approximate surface area is 59.0 Å². The van der Waals surface area contributed by atoms with Crippen LogP contribution in [-0.4, -0.2) is 0 Å². The maximum absolute atomic E-state index is 3.16. The SMILES string of the molecule is C/[C]=C(/C)C(C)C(C)C. The van der Waals surface area contributed by atoms with Gasteiger partial charge in [0.05, 0.1) is 0 Å². The smallest absolute Gasteiger partial charge is 0.0206 e. The van der Waals surface area contributed by atoms with Crippen molar-refractivity contribution in [3.63, 3.8) is 0 Å². The Balaban J connectivity index is 3.88. The van der Waals surface area contributed by atoms with Gasteiger partial charge in [0.2, 0.25) is 0 Å². The quantitative estimate of drug-likeness (QED) is 0.532. The maximum atomic E-state index is 3.16. The van der Waals surface area contributed by atoms with Gasteiger partial charge >= 0.3 is 0 Å². The molecule has 1 radical (unpaired) electrons. The lowest BCUT2D eigenvalue weighted by atomic mass is 9.91. The summed E-state index contributed by atoms with van der Waals surface area (Å²) in [5, 5.41) is 0. The third kappa shape index (κ3) is 2.69. The van der Waals surface area contributed by atoms with Gasteiger partial charge in [-0.3, -0.25) is 0 Å². The van der Waals surface area contributed by atoms with Gasteiger partial charge in [0, 0.05) is 0 Å². The van der Waals surface area contributed by atoms with E-state index in [4.69, 9.17) is 0 Å². The zero-order valence-electron chi connectivity index (χ0n) is 7.15. The Morgan fingerprint density at radius 3 is 1.78 bits per heavy atom. The largest absolute Gasteiger partial charge is 0.0671 e. The van der Waals surface area contributed by atoms with Gasteiger partial charge in [-0.25, -0.2) is 0 Å². The van der Waals surface area contributed by atoms with Crippen molar-refractivity contribution in [3.8, 4) is 0 Å². The highest BCUT2D eigenvalue weighted by Gasteiger charge is 2.06. The van der Waals surface area contributed by atoms with E-state index in [2.05, 4.69) is 33.8 Å². The van der Waals surface area contributed by atoms with E-state index in [1.165, 1.54) is 5.57 Å². The third-order valence-electron chi connectivity index (χ3n) is 2.08. The molecule has 0 rings (SSSR count). The first kappa shape index (κ1) is 8.74. The minimum Gasteiger partial charge on any atom is -0.0671 e. The molecule has 0 bridgehead atoms. The first-order valence-electron chi connectivity index (χ1n) is 3.60. The molecule has 0 saturated carbocycles. The van der Waals surface area contributed by atoms with Crippen molar-refractivity contribution < 1.29 is 0 Å². The summed E-state index contributed by atoms with van der Waals surface area (Å²) in [6.07, 6.45) is 3.16. The lowest BCUT2D eigenvalue weighted by Gasteiger charge is -2.14. The number of allylic oxidation sites excluding steroid dienone is 2. The fourth-order valence-corrected chi connectivity index (χ4v) is 0.728. The molecule has 0 aliphatic rings. The first-order valence-corrected chi connectivity index (χ1v) is 3.60. The second-order valence-corrected chi connectivity index (χ2v) is 2.97. The van der Waals surface area contributed by atoms with Gasteiger partial charge in [0.25, 0.3) is 0 Å². The summed E-state index contributed by atoms with van der Waals surface area (Å²) < 4.78 is 0. The molecule has 0 spiro atoms. The molecule has 0 aliphatic carbocycles. The number of hydrogen-bond acceptors (Lipinski definition) is 0. The van der Waals surface area contributed by atoms with Crippen LogP contribution in [0.2, 0.25) is 0 Å². The van der Waals surface area contributed by atoms with Crippen molar-refractivity contribution in [2.45, 2.75) is 34.6 Å². The highest BCUT2D eigenvalue weighted by molar-refractivity contribution is 4.96. The van der Waals surface area contributed by atoms with E-state index in [1.54, 1.807) is 0 Å². The number of hydrogen-bond donors (Lipinski definition) is 0. The minimum absolute atomic E-state index is 0.690. The molecule has 0 saturated heterocycles. The van der Waals surface area contributed by atoms with Crippen LogP contribution in [0.3, 0.4) is 0 Å². The van der Waals surface area contributed by atoms with Crippen molar-refractivity contribution in [3.05, 3.63) is 11.6 Å². The van der Waals surface area contributed by atoms with Crippen molar-refractivity contribution in [1.29, 1.82) is 0 Å². The monoisotopic (exact) mass is 125 g/mol. The highest BCUT2D eigenvalue weighted by Crippen LogP contribution is 2.17. The summed E-state index contributed by atoms with van der Waals surface area (Å²) in [4.78, 5) is 0. The average Bonchev–Trinajstić information content (AvgIpc) is 1.84. The predicted octanol–water partition coefficient (Wildman–Crippen LogP) is 3.05. The summed E-state index contributed by atoms with van der Waals surface area (Å²) in [5.41, 5.74) is 1.38. The van der Waals surface area contributed by atoms with Gasteiger partial charge in [0.1, 0.15) is 0 Å². The predicted molar refractivity (Wildman–Crippen MR) is 42.1 cm³/mol. The van der Waals surface area contributed by atoms with E-state index in [9.17, 15) is 0 Å². The fourth-order valence-electron chi connectivity index (χ4n) is 0.728. The standard InChI is InChI=1S/C9H17/c1-6-8(4)9(5)7(2)3/h7,9H,1-5H3. The van der Waals surface area contributed by atoms with E-state index >= 15 is 0 Å². The summed E-state index contributed by atoms with van der Waals surface area (Å²) in [6.45, 7) is 10.9. The van der Waals surface area contributed by atoms with Crippen molar-refractivity contribution >= 4 is 0 Å². The molecule has 1 atom stereocenters. The summed E-state index contributed by atoms with van der Waals surface area (Å²) in [5.74, 6) is 1.44. The maximum Gasteiger partial charge on any atom is -0.0206 e. The molecule has 0 N–H and O–H groups in total. The summed E-state index contributed by atoms with van der Waals surface area (Å²) in [6, 6.07) is 0. The topological polar surface area (TPSA) is 0 Å². The highest BCUT2D eigenvalue weighted by atomic mass is 14.1. The Morgan fingerprint density at radius 1 is 1.22 bits per heavy atom. The summed E-state index contributed by atoms with van der Waals surface area (Å²) in [7, 11) is 0. The van der Waals surface area contributed by atoms with Crippen LogP contribution in [0.4, 0.5) is 0 Å². The minimum atomic E-state index is 0.690. The molecule has 53 valence electrons. The first-order chi connectivity index (χ1) is 4.09. The third-order valence-corrected chi connectivity index (χ3v) is 2.08. The molecule has 0 heterocycles. The fraction of sp³-hybridized carbons (Fsp3) is 0.778. The van der Waals surface area contributed by atoms with Crippen LogP contribution in [0.1, 0.15) is 34.6 Å². The van der Waals surface area contributed by atoms with E-state index in [1.807, 2.05) is 6.92 Å². The molecule has 9 heavy (non-hydrogen) atoms. The van der Waals surface area contributed by atoms with E-state index in [-0.39, 0.29) is 0 Å². The Kier molecular flexibility index (Phi) is 3.60. The van der Waals surface area contributed by atoms with E-state index in [0.717, 1.165) is 5.92 Å². The van der Waals surface area contributed by atoms with E-state index in [0.29, 0.717) is 5.92 Å². The van der Waals surface area contributed by atoms with Crippen LogP contribution >= 0.6 is 0 Å². The zero-order chi connectivity index (χ0) is 7.44. The van der Waals surface area contributed by atoms with Crippen molar-refractivity contribution in [1.82, 2.24) is 0 Å². The van der Waals surface area contributed by atoms with Crippen LogP contribution in [-0.2, 0) is 0 Å². The molecule has 1 unspecified atom stereocenters. The van der Waals surface area contributed by atoms with Crippen LogP contribution < -0.4 is 0 Å². The second kappa shape index (κ2) is 3.71.